The zero-order chi connectivity index (χ0) is 13.3. The largest absolute Gasteiger partial charge is 0.369 e. The third-order valence-electron chi connectivity index (χ3n) is 4.03. The average Bonchev–Trinajstić information content (AvgIpc) is 2.81. The second-order valence-electron chi connectivity index (χ2n) is 5.76. The molecule has 0 radical (unpaired) electrons. The van der Waals surface area contributed by atoms with Gasteiger partial charge < -0.3 is 10.2 Å². The second kappa shape index (κ2) is 4.78. The molecule has 1 atom stereocenters. The fourth-order valence-corrected chi connectivity index (χ4v) is 3.05. The first kappa shape index (κ1) is 12.4. The van der Waals surface area contributed by atoms with Crippen LogP contribution in [0.1, 0.15) is 13.3 Å². The molecule has 1 fully saturated rings. The Hall–Kier alpha value is -1.68. The van der Waals surface area contributed by atoms with Crippen molar-refractivity contribution in [3.63, 3.8) is 0 Å². The molecule has 1 aliphatic rings. The van der Waals surface area contributed by atoms with Crippen molar-refractivity contribution in [3.05, 3.63) is 30.5 Å². The molecule has 1 aromatic heterocycles. The van der Waals surface area contributed by atoms with E-state index in [-0.39, 0.29) is 0 Å². The summed E-state index contributed by atoms with van der Waals surface area (Å²) >= 11 is 0. The molecule has 0 aliphatic carbocycles. The van der Waals surface area contributed by atoms with E-state index in [1.54, 1.807) is 0 Å². The number of hydrogen-bond acceptors (Lipinski definition) is 4. The van der Waals surface area contributed by atoms with Crippen molar-refractivity contribution < 1.29 is 0 Å². The molecule has 3 rings (SSSR count). The van der Waals surface area contributed by atoms with Crippen LogP contribution in [0.3, 0.4) is 0 Å². The molecule has 0 amide bonds. The number of benzene rings is 1. The molecule has 0 saturated carbocycles. The van der Waals surface area contributed by atoms with Gasteiger partial charge in [0.15, 0.2) is 0 Å². The number of fused-ring (bicyclic) bond motifs is 1. The van der Waals surface area contributed by atoms with E-state index in [1.165, 1.54) is 17.5 Å². The van der Waals surface area contributed by atoms with Crippen LogP contribution in [0.15, 0.2) is 30.5 Å². The van der Waals surface area contributed by atoms with Crippen LogP contribution in [-0.4, -0.2) is 36.9 Å². The molecular weight excluding hydrogens is 236 g/mol. The molecular formula is C15H20N4. The smallest absolute Gasteiger partial charge is 0.0950 e. The number of nitrogens with zero attached hydrogens (tertiary/aromatic N) is 3. The second-order valence-corrected chi connectivity index (χ2v) is 5.76. The number of rotatable bonds is 3. The van der Waals surface area contributed by atoms with Crippen LogP contribution >= 0.6 is 0 Å². The topological polar surface area (TPSA) is 41.0 Å². The maximum atomic E-state index is 4.20. The third kappa shape index (κ3) is 2.28. The van der Waals surface area contributed by atoms with E-state index in [9.17, 15) is 0 Å². The number of hydrogen-bond donors (Lipinski definition) is 1. The molecule has 4 nitrogen and oxygen atoms in total. The van der Waals surface area contributed by atoms with Crippen LogP contribution in [0.4, 0.5) is 5.69 Å². The van der Waals surface area contributed by atoms with Crippen LogP contribution in [0.2, 0.25) is 0 Å². The summed E-state index contributed by atoms with van der Waals surface area (Å²) in [5.74, 6) is 0. The first-order valence-electron chi connectivity index (χ1n) is 6.82. The van der Waals surface area contributed by atoms with Gasteiger partial charge in [-0.05, 0) is 24.9 Å². The van der Waals surface area contributed by atoms with Gasteiger partial charge in [0.1, 0.15) is 0 Å². The molecule has 2 heterocycles. The van der Waals surface area contributed by atoms with E-state index in [4.69, 9.17) is 0 Å². The summed E-state index contributed by atoms with van der Waals surface area (Å²) in [6.07, 6.45) is 3.11. The Morgan fingerprint density at radius 1 is 1.37 bits per heavy atom. The lowest BCUT2D eigenvalue weighted by molar-refractivity contribution is 0.356. The Labute approximate surface area is 113 Å². The summed E-state index contributed by atoms with van der Waals surface area (Å²) in [4.78, 5) is 2.44. The zero-order valence-electron chi connectivity index (χ0n) is 11.6. The highest BCUT2D eigenvalue weighted by Crippen LogP contribution is 2.34. The summed E-state index contributed by atoms with van der Waals surface area (Å²) < 4.78 is 0. The first-order chi connectivity index (χ1) is 9.22. The van der Waals surface area contributed by atoms with Crippen molar-refractivity contribution in [1.29, 1.82) is 0 Å². The quantitative estimate of drug-likeness (QED) is 0.912. The highest BCUT2D eigenvalue weighted by atomic mass is 15.2. The minimum absolute atomic E-state index is 0.346. The number of nitrogens with one attached hydrogen (secondary N) is 1. The molecule has 100 valence electrons. The van der Waals surface area contributed by atoms with Gasteiger partial charge in [-0.15, -0.1) is 0 Å². The summed E-state index contributed by atoms with van der Waals surface area (Å²) in [5, 5.41) is 12.8. The van der Waals surface area contributed by atoms with Crippen molar-refractivity contribution in [3.8, 4) is 0 Å². The molecule has 0 spiro atoms. The maximum absolute atomic E-state index is 4.20. The summed E-state index contributed by atoms with van der Waals surface area (Å²) in [5.41, 5.74) is 2.53. The van der Waals surface area contributed by atoms with E-state index in [0.717, 1.165) is 25.2 Å². The Kier molecular flexibility index (Phi) is 3.11. The van der Waals surface area contributed by atoms with Gasteiger partial charge in [0.05, 0.1) is 17.4 Å². The van der Waals surface area contributed by atoms with Crippen molar-refractivity contribution in [2.75, 3.05) is 31.6 Å². The van der Waals surface area contributed by atoms with Crippen LogP contribution in [-0.2, 0) is 0 Å². The normalized spacial score (nSPS) is 23.2. The van der Waals surface area contributed by atoms with Crippen molar-refractivity contribution in [2.24, 2.45) is 5.41 Å². The minimum Gasteiger partial charge on any atom is -0.369 e. The van der Waals surface area contributed by atoms with Gasteiger partial charge in [0.2, 0.25) is 0 Å². The molecule has 1 saturated heterocycles. The summed E-state index contributed by atoms with van der Waals surface area (Å²) in [6.45, 7) is 5.57. The van der Waals surface area contributed by atoms with Gasteiger partial charge in [-0.2, -0.15) is 10.2 Å². The fourth-order valence-electron chi connectivity index (χ4n) is 3.05. The Bertz CT molecular complexity index is 578. The van der Waals surface area contributed by atoms with Gasteiger partial charge in [0, 0.05) is 25.0 Å². The van der Waals surface area contributed by atoms with Crippen LogP contribution in [0.5, 0.6) is 0 Å². The molecule has 4 heteroatoms. The molecule has 1 N–H and O–H groups in total. The van der Waals surface area contributed by atoms with Crippen LogP contribution in [0.25, 0.3) is 10.9 Å². The van der Waals surface area contributed by atoms with E-state index < -0.39 is 0 Å². The lowest BCUT2D eigenvalue weighted by atomic mass is 9.90. The van der Waals surface area contributed by atoms with Crippen LogP contribution < -0.4 is 10.2 Å². The SMILES string of the molecule is CNCC1(C)CCN(c2cnnc3ccccc23)C1. The Morgan fingerprint density at radius 2 is 2.21 bits per heavy atom. The average molecular weight is 256 g/mol. The lowest BCUT2D eigenvalue weighted by Crippen LogP contribution is -2.33. The molecule has 19 heavy (non-hydrogen) atoms. The molecule has 1 aliphatic heterocycles. The van der Waals surface area contributed by atoms with Gasteiger partial charge in [-0.1, -0.05) is 25.1 Å². The molecule has 1 aromatic carbocycles. The maximum Gasteiger partial charge on any atom is 0.0950 e. The summed E-state index contributed by atoms with van der Waals surface area (Å²) in [6, 6.07) is 8.23. The zero-order valence-corrected chi connectivity index (χ0v) is 11.6. The Balaban J connectivity index is 1.94. The summed E-state index contributed by atoms with van der Waals surface area (Å²) in [7, 11) is 2.03. The first-order valence-corrected chi connectivity index (χ1v) is 6.82. The standard InChI is InChI=1S/C15H20N4/c1-15(10-16-2)7-8-19(11-15)14-9-17-18-13-6-4-3-5-12(13)14/h3-6,9,16H,7-8,10-11H2,1-2H3. The number of anilines is 1. The Morgan fingerprint density at radius 3 is 3.05 bits per heavy atom. The highest BCUT2D eigenvalue weighted by Gasteiger charge is 2.33. The predicted octanol–water partition coefficient (Wildman–Crippen LogP) is 2.07. The van der Waals surface area contributed by atoms with Gasteiger partial charge in [0.25, 0.3) is 0 Å². The minimum atomic E-state index is 0.346. The van der Waals surface area contributed by atoms with E-state index >= 15 is 0 Å². The van der Waals surface area contributed by atoms with Crippen LogP contribution in [0, 0.1) is 5.41 Å². The third-order valence-corrected chi connectivity index (χ3v) is 4.03. The molecule has 1 unspecified atom stereocenters. The van der Waals surface area contributed by atoms with Gasteiger partial charge >= 0.3 is 0 Å². The van der Waals surface area contributed by atoms with E-state index in [1.807, 2.05) is 25.4 Å². The van der Waals surface area contributed by atoms with Gasteiger partial charge in [-0.25, -0.2) is 0 Å². The highest BCUT2D eigenvalue weighted by molar-refractivity contribution is 5.90. The number of aromatic nitrogens is 2. The van der Waals surface area contributed by atoms with Crippen molar-refractivity contribution >= 4 is 16.6 Å². The van der Waals surface area contributed by atoms with E-state index in [2.05, 4.69) is 39.5 Å². The van der Waals surface area contributed by atoms with Crippen molar-refractivity contribution in [2.45, 2.75) is 13.3 Å². The predicted molar refractivity (Wildman–Crippen MR) is 78.4 cm³/mol. The monoisotopic (exact) mass is 256 g/mol. The van der Waals surface area contributed by atoms with E-state index in [0.29, 0.717) is 5.41 Å². The van der Waals surface area contributed by atoms with Gasteiger partial charge in [-0.3, -0.25) is 0 Å². The molecule has 2 aromatic rings. The fraction of sp³-hybridized carbons (Fsp3) is 0.467. The molecule has 0 bridgehead atoms. The van der Waals surface area contributed by atoms with Crippen molar-refractivity contribution in [1.82, 2.24) is 15.5 Å². The lowest BCUT2D eigenvalue weighted by Gasteiger charge is -2.25.